The van der Waals surface area contributed by atoms with Crippen LogP contribution in [-0.4, -0.2) is 28.2 Å². The fourth-order valence-electron chi connectivity index (χ4n) is 3.34. The molecular formula is C12H18O3. The van der Waals surface area contributed by atoms with Crippen molar-refractivity contribution in [2.75, 3.05) is 6.61 Å². The second kappa shape index (κ2) is 3.72. The number of ketones is 1. The van der Waals surface area contributed by atoms with Gasteiger partial charge in [0.1, 0.15) is 5.78 Å². The molecule has 2 saturated carbocycles. The fourth-order valence-corrected chi connectivity index (χ4v) is 3.34. The van der Waals surface area contributed by atoms with Gasteiger partial charge in [-0.2, -0.15) is 0 Å². The maximum atomic E-state index is 11.6. The molecule has 84 valence electrons. The van der Waals surface area contributed by atoms with Crippen molar-refractivity contribution in [1.82, 2.24) is 0 Å². The average Bonchev–Trinajstić information content (AvgIpc) is 2.56. The standard InChI is InChI=1S/C12H18O3/c1-2-8-3-4-10-9(7-13)11(14)5-6-12(8,10)15/h2,8-10,13,15H,1,3-7H2/t8-,9+,10+,12+/m1/s1. The van der Waals surface area contributed by atoms with Crippen LogP contribution in [0.4, 0.5) is 0 Å². The zero-order valence-corrected chi connectivity index (χ0v) is 8.85. The van der Waals surface area contributed by atoms with E-state index in [1.165, 1.54) is 0 Å². The van der Waals surface area contributed by atoms with Crippen LogP contribution in [0, 0.1) is 17.8 Å². The lowest BCUT2D eigenvalue weighted by Gasteiger charge is -2.41. The van der Waals surface area contributed by atoms with Gasteiger partial charge in [-0.3, -0.25) is 4.79 Å². The van der Waals surface area contributed by atoms with E-state index in [4.69, 9.17) is 0 Å². The lowest BCUT2D eigenvalue weighted by Crippen LogP contribution is -2.49. The van der Waals surface area contributed by atoms with Crippen LogP contribution >= 0.6 is 0 Å². The predicted octanol–water partition coefficient (Wildman–Crippen LogP) is 0.901. The Morgan fingerprint density at radius 2 is 2.27 bits per heavy atom. The molecule has 2 rings (SSSR count). The summed E-state index contributed by atoms with van der Waals surface area (Å²) >= 11 is 0. The lowest BCUT2D eigenvalue weighted by molar-refractivity contribution is -0.142. The van der Waals surface area contributed by atoms with Crippen LogP contribution in [0.25, 0.3) is 0 Å². The molecule has 0 heterocycles. The summed E-state index contributed by atoms with van der Waals surface area (Å²) in [5.74, 6) is -0.220. The van der Waals surface area contributed by atoms with Gasteiger partial charge in [0.15, 0.2) is 0 Å². The van der Waals surface area contributed by atoms with E-state index in [0.717, 1.165) is 12.8 Å². The Bertz CT molecular complexity index is 287. The van der Waals surface area contributed by atoms with Gasteiger partial charge in [0.25, 0.3) is 0 Å². The van der Waals surface area contributed by atoms with Gasteiger partial charge >= 0.3 is 0 Å². The number of aliphatic hydroxyl groups excluding tert-OH is 1. The van der Waals surface area contributed by atoms with Gasteiger partial charge in [-0.15, -0.1) is 6.58 Å². The molecule has 15 heavy (non-hydrogen) atoms. The highest BCUT2D eigenvalue weighted by Gasteiger charge is 2.54. The van der Waals surface area contributed by atoms with E-state index in [-0.39, 0.29) is 30.1 Å². The number of fused-ring (bicyclic) bond motifs is 1. The molecule has 0 aliphatic heterocycles. The Morgan fingerprint density at radius 3 is 2.87 bits per heavy atom. The number of carbonyl (C=O) groups excluding carboxylic acids is 1. The molecule has 2 aliphatic rings. The molecule has 4 atom stereocenters. The molecule has 0 saturated heterocycles. The van der Waals surface area contributed by atoms with Crippen molar-refractivity contribution in [1.29, 1.82) is 0 Å². The topological polar surface area (TPSA) is 57.5 Å². The fraction of sp³-hybridized carbons (Fsp3) is 0.750. The van der Waals surface area contributed by atoms with Crippen molar-refractivity contribution in [3.05, 3.63) is 12.7 Å². The SMILES string of the molecule is C=C[C@@H]1CC[C@H]2[C@H](CO)C(=O)CC[C@]12O. The van der Waals surface area contributed by atoms with E-state index < -0.39 is 5.60 Å². The van der Waals surface area contributed by atoms with Crippen molar-refractivity contribution < 1.29 is 15.0 Å². The summed E-state index contributed by atoms with van der Waals surface area (Å²) in [4.78, 5) is 11.6. The van der Waals surface area contributed by atoms with Crippen LogP contribution in [0.2, 0.25) is 0 Å². The van der Waals surface area contributed by atoms with E-state index in [0.29, 0.717) is 12.8 Å². The smallest absolute Gasteiger partial charge is 0.138 e. The van der Waals surface area contributed by atoms with E-state index in [1.807, 2.05) is 0 Å². The van der Waals surface area contributed by atoms with Crippen molar-refractivity contribution in [3.8, 4) is 0 Å². The minimum atomic E-state index is -0.789. The minimum Gasteiger partial charge on any atom is -0.396 e. The van der Waals surface area contributed by atoms with Crippen molar-refractivity contribution in [2.24, 2.45) is 17.8 Å². The van der Waals surface area contributed by atoms with Crippen LogP contribution in [-0.2, 0) is 4.79 Å². The van der Waals surface area contributed by atoms with Gasteiger partial charge in [-0.1, -0.05) is 6.08 Å². The maximum absolute atomic E-state index is 11.6. The van der Waals surface area contributed by atoms with Crippen LogP contribution in [0.15, 0.2) is 12.7 Å². The van der Waals surface area contributed by atoms with Crippen LogP contribution in [0.1, 0.15) is 25.7 Å². The van der Waals surface area contributed by atoms with Crippen LogP contribution < -0.4 is 0 Å². The Kier molecular flexibility index (Phi) is 2.69. The normalized spacial score (nSPS) is 45.2. The molecule has 2 N–H and O–H groups in total. The van der Waals surface area contributed by atoms with Crippen molar-refractivity contribution in [3.63, 3.8) is 0 Å². The number of hydrogen-bond donors (Lipinski definition) is 2. The van der Waals surface area contributed by atoms with E-state index >= 15 is 0 Å². The highest BCUT2D eigenvalue weighted by atomic mass is 16.3. The lowest BCUT2D eigenvalue weighted by atomic mass is 9.68. The summed E-state index contributed by atoms with van der Waals surface area (Å²) in [7, 11) is 0. The molecule has 0 aromatic heterocycles. The Balaban J connectivity index is 2.27. The quantitative estimate of drug-likeness (QED) is 0.666. The predicted molar refractivity (Wildman–Crippen MR) is 56.2 cm³/mol. The molecule has 0 radical (unpaired) electrons. The minimum absolute atomic E-state index is 0.0632. The third-order valence-electron chi connectivity index (χ3n) is 4.23. The third-order valence-corrected chi connectivity index (χ3v) is 4.23. The number of rotatable bonds is 2. The monoisotopic (exact) mass is 210 g/mol. The number of hydrogen-bond acceptors (Lipinski definition) is 3. The third kappa shape index (κ3) is 1.45. The Labute approximate surface area is 89.8 Å². The molecule has 3 heteroatoms. The zero-order valence-electron chi connectivity index (χ0n) is 8.85. The largest absolute Gasteiger partial charge is 0.396 e. The Hall–Kier alpha value is -0.670. The van der Waals surface area contributed by atoms with E-state index in [1.54, 1.807) is 6.08 Å². The molecule has 0 spiro atoms. The first-order valence-corrected chi connectivity index (χ1v) is 5.62. The summed E-state index contributed by atoms with van der Waals surface area (Å²) < 4.78 is 0. The second-order valence-corrected chi connectivity index (χ2v) is 4.77. The molecule has 0 unspecified atom stereocenters. The van der Waals surface area contributed by atoms with Gasteiger partial charge < -0.3 is 10.2 Å². The average molecular weight is 210 g/mol. The summed E-state index contributed by atoms with van der Waals surface area (Å²) in [5.41, 5.74) is -0.789. The van der Waals surface area contributed by atoms with E-state index in [9.17, 15) is 15.0 Å². The highest BCUT2D eigenvalue weighted by Crippen LogP contribution is 2.50. The van der Waals surface area contributed by atoms with Gasteiger partial charge in [0, 0.05) is 24.2 Å². The molecular weight excluding hydrogens is 192 g/mol. The first-order chi connectivity index (χ1) is 7.13. The van der Waals surface area contributed by atoms with Gasteiger partial charge in [-0.05, 0) is 19.3 Å². The maximum Gasteiger partial charge on any atom is 0.138 e. The molecule has 0 aromatic rings. The van der Waals surface area contributed by atoms with Gasteiger partial charge in [0.05, 0.1) is 12.2 Å². The molecule has 0 amide bonds. The molecule has 2 aliphatic carbocycles. The summed E-state index contributed by atoms with van der Waals surface area (Å²) in [6, 6.07) is 0. The van der Waals surface area contributed by atoms with Crippen LogP contribution in [0.3, 0.4) is 0 Å². The first kappa shape index (κ1) is 10.8. The first-order valence-electron chi connectivity index (χ1n) is 5.62. The molecule has 0 bridgehead atoms. The van der Waals surface area contributed by atoms with Gasteiger partial charge in [0.2, 0.25) is 0 Å². The zero-order chi connectivity index (χ0) is 11.1. The molecule has 3 nitrogen and oxygen atoms in total. The number of carbonyl (C=O) groups is 1. The number of Topliss-reactive ketones (excluding diaryl/α,β-unsaturated/α-hetero) is 1. The number of aliphatic hydroxyl groups is 2. The summed E-state index contributed by atoms with van der Waals surface area (Å²) in [6.07, 6.45) is 4.43. The summed E-state index contributed by atoms with van der Waals surface area (Å²) in [5, 5.41) is 19.8. The Morgan fingerprint density at radius 1 is 1.53 bits per heavy atom. The van der Waals surface area contributed by atoms with Crippen LogP contribution in [0.5, 0.6) is 0 Å². The van der Waals surface area contributed by atoms with E-state index in [2.05, 4.69) is 6.58 Å². The second-order valence-electron chi connectivity index (χ2n) is 4.77. The molecule has 0 aromatic carbocycles. The van der Waals surface area contributed by atoms with Crippen molar-refractivity contribution >= 4 is 5.78 Å². The highest BCUT2D eigenvalue weighted by molar-refractivity contribution is 5.82. The summed E-state index contributed by atoms with van der Waals surface area (Å²) in [6.45, 7) is 3.61. The van der Waals surface area contributed by atoms with Gasteiger partial charge in [-0.25, -0.2) is 0 Å². The van der Waals surface area contributed by atoms with Crippen molar-refractivity contribution in [2.45, 2.75) is 31.3 Å². The molecule has 2 fully saturated rings.